The van der Waals surface area contributed by atoms with Crippen LogP contribution >= 0.6 is 0 Å². The van der Waals surface area contributed by atoms with Gasteiger partial charge in [0.25, 0.3) is 11.8 Å². The van der Waals surface area contributed by atoms with E-state index in [0.717, 1.165) is 0 Å². The van der Waals surface area contributed by atoms with E-state index in [1.165, 1.54) is 18.6 Å². The maximum Gasteiger partial charge on any atom is 0.275 e. The number of hydrogen-bond donors (Lipinski definition) is 2. The van der Waals surface area contributed by atoms with Crippen LogP contribution in [0.1, 0.15) is 27.8 Å². The van der Waals surface area contributed by atoms with Crippen molar-refractivity contribution in [3.63, 3.8) is 0 Å². The topological polar surface area (TPSA) is 84.0 Å². The molecule has 1 aromatic heterocycles. The van der Waals surface area contributed by atoms with Crippen molar-refractivity contribution in [3.8, 4) is 0 Å². The number of benzene rings is 1. The summed E-state index contributed by atoms with van der Waals surface area (Å²) >= 11 is 0. The van der Waals surface area contributed by atoms with E-state index in [1.54, 1.807) is 24.3 Å². The van der Waals surface area contributed by atoms with E-state index in [2.05, 4.69) is 20.6 Å². The number of rotatable bonds is 4. The molecule has 0 saturated carbocycles. The molecule has 0 radical (unpaired) electrons. The molecule has 2 rings (SSSR count). The zero-order valence-corrected chi connectivity index (χ0v) is 11.0. The Morgan fingerprint density at radius 2 is 2.05 bits per heavy atom. The predicted molar refractivity (Wildman–Crippen MR) is 74.4 cm³/mol. The lowest BCUT2D eigenvalue weighted by atomic mass is 10.2. The van der Waals surface area contributed by atoms with Crippen molar-refractivity contribution in [2.45, 2.75) is 6.92 Å². The standard InChI is InChI=1S/C14H14N4O2/c1-2-16-13(19)10-4-3-5-11(8-10)18-14(20)12-9-15-6-7-17-12/h3-9H,2H2,1H3,(H,16,19)(H,18,20). The minimum absolute atomic E-state index is 0.178. The normalized spacial score (nSPS) is 9.85. The molecule has 2 amide bonds. The van der Waals surface area contributed by atoms with E-state index in [9.17, 15) is 9.59 Å². The number of nitrogens with zero attached hydrogens (tertiary/aromatic N) is 2. The van der Waals surface area contributed by atoms with Gasteiger partial charge in [0, 0.05) is 30.2 Å². The first-order chi connectivity index (χ1) is 9.70. The first-order valence-electron chi connectivity index (χ1n) is 6.16. The quantitative estimate of drug-likeness (QED) is 0.881. The Bertz CT molecular complexity index is 614. The molecule has 1 heterocycles. The fourth-order valence-corrected chi connectivity index (χ4v) is 1.61. The highest BCUT2D eigenvalue weighted by atomic mass is 16.2. The van der Waals surface area contributed by atoms with Gasteiger partial charge in [0.15, 0.2) is 0 Å². The highest BCUT2D eigenvalue weighted by Crippen LogP contribution is 2.11. The van der Waals surface area contributed by atoms with Gasteiger partial charge in [-0.25, -0.2) is 4.98 Å². The van der Waals surface area contributed by atoms with Gasteiger partial charge in [-0.05, 0) is 25.1 Å². The smallest absolute Gasteiger partial charge is 0.275 e. The molecule has 0 atom stereocenters. The van der Waals surface area contributed by atoms with E-state index in [0.29, 0.717) is 17.8 Å². The third kappa shape index (κ3) is 3.38. The van der Waals surface area contributed by atoms with Gasteiger partial charge < -0.3 is 10.6 Å². The molecule has 0 unspecified atom stereocenters. The van der Waals surface area contributed by atoms with E-state index in [-0.39, 0.29) is 17.5 Å². The van der Waals surface area contributed by atoms with Crippen LogP contribution in [0.5, 0.6) is 0 Å². The lowest BCUT2D eigenvalue weighted by Crippen LogP contribution is -2.22. The summed E-state index contributed by atoms with van der Waals surface area (Å²) in [5, 5.41) is 5.37. The Kier molecular flexibility index (Phi) is 4.39. The van der Waals surface area contributed by atoms with Gasteiger partial charge >= 0.3 is 0 Å². The molecule has 1 aromatic carbocycles. The fourth-order valence-electron chi connectivity index (χ4n) is 1.61. The van der Waals surface area contributed by atoms with E-state index >= 15 is 0 Å². The SMILES string of the molecule is CCNC(=O)c1cccc(NC(=O)c2cnccn2)c1. The number of amides is 2. The monoisotopic (exact) mass is 270 g/mol. The number of anilines is 1. The van der Waals surface area contributed by atoms with Crippen LogP contribution in [0.25, 0.3) is 0 Å². The molecule has 0 fully saturated rings. The van der Waals surface area contributed by atoms with E-state index < -0.39 is 0 Å². The van der Waals surface area contributed by atoms with Crippen LogP contribution in [-0.2, 0) is 0 Å². The fraction of sp³-hybridized carbons (Fsp3) is 0.143. The number of carbonyl (C=O) groups is 2. The van der Waals surface area contributed by atoms with E-state index in [1.807, 2.05) is 6.92 Å². The number of nitrogens with one attached hydrogen (secondary N) is 2. The summed E-state index contributed by atoms with van der Waals surface area (Å²) in [6, 6.07) is 6.70. The molecule has 2 aromatic rings. The summed E-state index contributed by atoms with van der Waals surface area (Å²) in [5.74, 6) is -0.547. The summed E-state index contributed by atoms with van der Waals surface area (Å²) in [6.45, 7) is 2.40. The molecule has 6 nitrogen and oxygen atoms in total. The first-order valence-corrected chi connectivity index (χ1v) is 6.16. The molecular weight excluding hydrogens is 256 g/mol. The highest BCUT2D eigenvalue weighted by Gasteiger charge is 2.09. The summed E-state index contributed by atoms with van der Waals surface area (Å²) < 4.78 is 0. The lowest BCUT2D eigenvalue weighted by molar-refractivity contribution is 0.0954. The van der Waals surface area contributed by atoms with Crippen molar-refractivity contribution in [2.75, 3.05) is 11.9 Å². The molecule has 0 aliphatic rings. The van der Waals surface area contributed by atoms with Crippen LogP contribution in [0.2, 0.25) is 0 Å². The third-order valence-electron chi connectivity index (χ3n) is 2.52. The van der Waals surface area contributed by atoms with Crippen molar-refractivity contribution in [2.24, 2.45) is 0 Å². The van der Waals surface area contributed by atoms with Crippen LogP contribution in [-0.4, -0.2) is 28.3 Å². The molecule has 2 N–H and O–H groups in total. The van der Waals surface area contributed by atoms with Crippen molar-refractivity contribution in [3.05, 3.63) is 54.1 Å². The zero-order valence-electron chi connectivity index (χ0n) is 11.0. The second-order valence-electron chi connectivity index (χ2n) is 3.99. The summed E-state index contributed by atoms with van der Waals surface area (Å²) in [4.78, 5) is 31.4. The molecule has 6 heteroatoms. The number of aromatic nitrogens is 2. The van der Waals surface area contributed by atoms with Gasteiger partial charge in [-0.1, -0.05) is 6.07 Å². The Balaban J connectivity index is 2.12. The van der Waals surface area contributed by atoms with Crippen LogP contribution in [0.15, 0.2) is 42.9 Å². The molecule has 0 aliphatic carbocycles. The predicted octanol–water partition coefficient (Wildman–Crippen LogP) is 1.48. The Labute approximate surface area is 116 Å². The van der Waals surface area contributed by atoms with Gasteiger partial charge in [0.1, 0.15) is 5.69 Å². The molecule has 0 bridgehead atoms. The molecule has 102 valence electrons. The van der Waals surface area contributed by atoms with Gasteiger partial charge in [-0.3, -0.25) is 14.6 Å². The maximum atomic E-state index is 11.9. The van der Waals surface area contributed by atoms with Gasteiger partial charge in [-0.2, -0.15) is 0 Å². The van der Waals surface area contributed by atoms with E-state index in [4.69, 9.17) is 0 Å². The van der Waals surface area contributed by atoms with Crippen molar-refractivity contribution >= 4 is 17.5 Å². The summed E-state index contributed by atoms with van der Waals surface area (Å²) in [6.07, 6.45) is 4.31. The lowest BCUT2D eigenvalue weighted by Gasteiger charge is -2.07. The van der Waals surface area contributed by atoms with Crippen molar-refractivity contribution < 1.29 is 9.59 Å². The second-order valence-corrected chi connectivity index (χ2v) is 3.99. The zero-order chi connectivity index (χ0) is 14.4. The third-order valence-corrected chi connectivity index (χ3v) is 2.52. The summed E-state index contributed by atoms with van der Waals surface area (Å²) in [5.41, 5.74) is 1.24. The van der Waals surface area contributed by atoms with Crippen LogP contribution in [0.4, 0.5) is 5.69 Å². The average Bonchev–Trinajstić information content (AvgIpc) is 2.48. The van der Waals surface area contributed by atoms with Crippen LogP contribution < -0.4 is 10.6 Å². The molecule has 0 spiro atoms. The number of carbonyl (C=O) groups excluding carboxylic acids is 2. The largest absolute Gasteiger partial charge is 0.352 e. The minimum atomic E-state index is -0.369. The Morgan fingerprint density at radius 3 is 2.75 bits per heavy atom. The summed E-state index contributed by atoms with van der Waals surface area (Å²) in [7, 11) is 0. The Hall–Kier alpha value is -2.76. The highest BCUT2D eigenvalue weighted by molar-refractivity contribution is 6.03. The van der Waals surface area contributed by atoms with Gasteiger partial charge in [0.05, 0.1) is 6.20 Å². The molecule has 0 aliphatic heterocycles. The maximum absolute atomic E-state index is 11.9. The molecule has 0 saturated heterocycles. The number of hydrogen-bond acceptors (Lipinski definition) is 4. The Morgan fingerprint density at radius 1 is 1.20 bits per heavy atom. The average molecular weight is 270 g/mol. The first kappa shape index (κ1) is 13.7. The van der Waals surface area contributed by atoms with Crippen LogP contribution in [0, 0.1) is 0 Å². The van der Waals surface area contributed by atoms with Gasteiger partial charge in [-0.15, -0.1) is 0 Å². The van der Waals surface area contributed by atoms with Crippen LogP contribution in [0.3, 0.4) is 0 Å². The second kappa shape index (κ2) is 6.42. The van der Waals surface area contributed by atoms with Crippen molar-refractivity contribution in [1.82, 2.24) is 15.3 Å². The van der Waals surface area contributed by atoms with Crippen molar-refractivity contribution in [1.29, 1.82) is 0 Å². The molecule has 20 heavy (non-hydrogen) atoms. The van der Waals surface area contributed by atoms with Gasteiger partial charge in [0.2, 0.25) is 0 Å². The minimum Gasteiger partial charge on any atom is -0.352 e. The molecular formula is C14H14N4O2.